The summed E-state index contributed by atoms with van der Waals surface area (Å²) in [6.07, 6.45) is 2.53. The van der Waals surface area contributed by atoms with Crippen molar-refractivity contribution in [3.05, 3.63) is 81.6 Å². The molecule has 0 bridgehead atoms. The predicted octanol–water partition coefficient (Wildman–Crippen LogP) is 2.52. The maximum Gasteiger partial charge on any atom is 0.251 e. The largest absolute Gasteiger partial charge is 0.424 e. The highest BCUT2D eigenvalue weighted by atomic mass is 16.4. The van der Waals surface area contributed by atoms with Crippen molar-refractivity contribution in [2.24, 2.45) is 5.73 Å². The van der Waals surface area contributed by atoms with Crippen LogP contribution >= 0.6 is 0 Å². The fourth-order valence-corrected chi connectivity index (χ4v) is 5.01. The molecule has 0 unspecified atom stereocenters. The lowest BCUT2D eigenvalue weighted by atomic mass is 9.68. The summed E-state index contributed by atoms with van der Waals surface area (Å²) in [7, 11) is 3.24. The number of nitrogens with two attached hydrogens (primary N) is 1. The fraction of sp³-hybridized carbons (Fsp3) is 0.385. The molecule has 2 amide bonds. The van der Waals surface area contributed by atoms with Gasteiger partial charge in [-0.3, -0.25) is 9.59 Å². The van der Waals surface area contributed by atoms with Crippen molar-refractivity contribution in [3.8, 4) is 0 Å². The second kappa shape index (κ2) is 9.38. The first-order valence-electron chi connectivity index (χ1n) is 11.6. The molecule has 0 saturated carbocycles. The molecule has 0 fully saturated rings. The van der Waals surface area contributed by atoms with Crippen LogP contribution in [0.1, 0.15) is 75.0 Å². The highest BCUT2D eigenvalue weighted by Gasteiger charge is 2.46. The van der Waals surface area contributed by atoms with Crippen LogP contribution in [0.5, 0.6) is 0 Å². The fourth-order valence-electron chi connectivity index (χ4n) is 5.01. The molecule has 4 rings (SSSR count). The van der Waals surface area contributed by atoms with Gasteiger partial charge in [0.05, 0.1) is 0 Å². The Morgan fingerprint density at radius 2 is 1.53 bits per heavy atom. The highest BCUT2D eigenvalue weighted by Crippen LogP contribution is 2.47. The molecule has 3 aromatic rings. The van der Waals surface area contributed by atoms with Gasteiger partial charge in [0.1, 0.15) is 5.41 Å². The van der Waals surface area contributed by atoms with Crippen LogP contribution in [0.15, 0.2) is 40.8 Å². The minimum atomic E-state index is -0.807. The van der Waals surface area contributed by atoms with Crippen LogP contribution in [0.3, 0.4) is 0 Å². The molecule has 0 radical (unpaired) electrons. The van der Waals surface area contributed by atoms with E-state index in [1.165, 1.54) is 0 Å². The van der Waals surface area contributed by atoms with Crippen LogP contribution in [0.4, 0.5) is 0 Å². The van der Waals surface area contributed by atoms with E-state index in [9.17, 15) is 9.59 Å². The van der Waals surface area contributed by atoms with Crippen molar-refractivity contribution < 1.29 is 14.0 Å². The van der Waals surface area contributed by atoms with E-state index in [2.05, 4.69) is 20.8 Å². The Labute approximate surface area is 199 Å². The van der Waals surface area contributed by atoms with Gasteiger partial charge in [0.25, 0.3) is 11.8 Å². The first kappa shape index (κ1) is 23.6. The number of hydrogen-bond donors (Lipinski definition) is 3. The SMILES string of the molecule is CCc1nnc(C2(C[C@H](C)N)c3ccc(C(=O)NC)cc3CCc3cc(C(=O)NC)ccc32)o1. The second-order valence-electron chi connectivity index (χ2n) is 8.84. The molecule has 8 nitrogen and oxygen atoms in total. The number of fused-ring (bicyclic) bond motifs is 2. The van der Waals surface area contributed by atoms with Crippen LogP contribution in [0, 0.1) is 0 Å². The first-order chi connectivity index (χ1) is 16.3. The third-order valence-corrected chi connectivity index (χ3v) is 6.53. The van der Waals surface area contributed by atoms with E-state index in [-0.39, 0.29) is 17.9 Å². The molecule has 0 spiro atoms. The Morgan fingerprint density at radius 1 is 1.00 bits per heavy atom. The maximum atomic E-state index is 12.4. The number of rotatable bonds is 6. The van der Waals surface area contributed by atoms with Crippen LogP contribution in [-0.2, 0) is 24.7 Å². The summed E-state index contributed by atoms with van der Waals surface area (Å²) >= 11 is 0. The Bertz CT molecular complexity index is 1160. The Balaban J connectivity index is 2.04. The Morgan fingerprint density at radius 3 is 1.94 bits per heavy atom. The van der Waals surface area contributed by atoms with Gasteiger partial charge in [-0.2, -0.15) is 0 Å². The first-order valence-corrected chi connectivity index (χ1v) is 11.6. The molecule has 4 N–H and O–H groups in total. The van der Waals surface area contributed by atoms with Gasteiger partial charge in [0.15, 0.2) is 0 Å². The van der Waals surface area contributed by atoms with Crippen LogP contribution in [0.2, 0.25) is 0 Å². The summed E-state index contributed by atoms with van der Waals surface area (Å²) in [5.41, 5.74) is 10.8. The number of aryl methyl sites for hydroxylation is 3. The van der Waals surface area contributed by atoms with E-state index < -0.39 is 5.41 Å². The number of aromatic nitrogens is 2. The highest BCUT2D eigenvalue weighted by molar-refractivity contribution is 5.95. The van der Waals surface area contributed by atoms with Crippen molar-refractivity contribution in [2.75, 3.05) is 14.1 Å². The molecule has 0 aliphatic heterocycles. The predicted molar refractivity (Wildman–Crippen MR) is 129 cm³/mol. The third kappa shape index (κ3) is 3.98. The topological polar surface area (TPSA) is 123 Å². The van der Waals surface area contributed by atoms with Crippen molar-refractivity contribution in [1.82, 2.24) is 20.8 Å². The number of carbonyl (C=O) groups excluding carboxylic acids is 2. The quantitative estimate of drug-likeness (QED) is 0.518. The Hall–Kier alpha value is -3.52. The zero-order chi connectivity index (χ0) is 24.5. The molecule has 178 valence electrons. The lowest BCUT2D eigenvalue weighted by Gasteiger charge is -2.35. The van der Waals surface area contributed by atoms with E-state index in [1.54, 1.807) is 14.1 Å². The average Bonchev–Trinajstić information content (AvgIpc) is 3.30. The zero-order valence-electron chi connectivity index (χ0n) is 20.1. The minimum Gasteiger partial charge on any atom is -0.424 e. The number of hydrogen-bond acceptors (Lipinski definition) is 6. The van der Waals surface area contributed by atoms with Gasteiger partial charge in [-0.25, -0.2) is 0 Å². The monoisotopic (exact) mass is 461 g/mol. The van der Waals surface area contributed by atoms with Gasteiger partial charge < -0.3 is 20.8 Å². The number of benzene rings is 2. The molecular weight excluding hydrogens is 430 g/mol. The van der Waals surface area contributed by atoms with Gasteiger partial charge in [-0.05, 0) is 72.7 Å². The molecule has 1 aliphatic carbocycles. The Kier molecular flexibility index (Phi) is 6.52. The van der Waals surface area contributed by atoms with Crippen LogP contribution in [-0.4, -0.2) is 42.1 Å². The lowest BCUT2D eigenvalue weighted by Crippen LogP contribution is -2.37. The van der Waals surface area contributed by atoms with Gasteiger partial charge in [0, 0.05) is 37.7 Å². The van der Waals surface area contributed by atoms with Crippen LogP contribution < -0.4 is 16.4 Å². The van der Waals surface area contributed by atoms with Crippen molar-refractivity contribution in [1.29, 1.82) is 0 Å². The smallest absolute Gasteiger partial charge is 0.251 e. The lowest BCUT2D eigenvalue weighted by molar-refractivity contribution is 0.0955. The minimum absolute atomic E-state index is 0.143. The molecule has 34 heavy (non-hydrogen) atoms. The molecule has 8 heteroatoms. The van der Waals surface area contributed by atoms with Gasteiger partial charge in [-0.1, -0.05) is 19.1 Å². The van der Waals surface area contributed by atoms with E-state index in [0.717, 1.165) is 22.3 Å². The molecule has 1 heterocycles. The molecule has 1 aliphatic rings. The van der Waals surface area contributed by atoms with E-state index in [1.807, 2.05) is 50.2 Å². The van der Waals surface area contributed by atoms with Crippen molar-refractivity contribution in [3.63, 3.8) is 0 Å². The van der Waals surface area contributed by atoms with E-state index >= 15 is 0 Å². The van der Waals surface area contributed by atoms with Gasteiger partial charge in [-0.15, -0.1) is 10.2 Å². The summed E-state index contributed by atoms with van der Waals surface area (Å²) in [6, 6.07) is 11.3. The molecule has 2 aromatic carbocycles. The molecule has 1 atom stereocenters. The summed E-state index contributed by atoms with van der Waals surface area (Å²) in [5.74, 6) is 0.743. The summed E-state index contributed by atoms with van der Waals surface area (Å²) < 4.78 is 6.21. The normalized spacial score (nSPS) is 15.0. The maximum absolute atomic E-state index is 12.4. The number of amides is 2. The molecule has 0 saturated heterocycles. The molecular formula is C26H31N5O3. The third-order valence-electron chi connectivity index (χ3n) is 6.53. The molecule has 1 aromatic heterocycles. The van der Waals surface area contributed by atoms with E-state index in [0.29, 0.717) is 48.6 Å². The van der Waals surface area contributed by atoms with Crippen molar-refractivity contribution in [2.45, 2.75) is 51.0 Å². The second-order valence-corrected chi connectivity index (χ2v) is 8.84. The van der Waals surface area contributed by atoms with Crippen molar-refractivity contribution >= 4 is 11.8 Å². The summed E-state index contributed by atoms with van der Waals surface area (Å²) in [4.78, 5) is 24.8. The van der Waals surface area contributed by atoms with Gasteiger partial charge in [0.2, 0.25) is 11.8 Å². The summed E-state index contributed by atoms with van der Waals surface area (Å²) in [6.45, 7) is 3.93. The van der Waals surface area contributed by atoms with Gasteiger partial charge >= 0.3 is 0 Å². The average molecular weight is 462 g/mol. The van der Waals surface area contributed by atoms with E-state index in [4.69, 9.17) is 10.2 Å². The number of nitrogens with one attached hydrogen (secondary N) is 2. The zero-order valence-corrected chi connectivity index (χ0v) is 20.1. The number of nitrogens with zero attached hydrogens (tertiary/aromatic N) is 2. The number of carbonyl (C=O) groups is 2. The van der Waals surface area contributed by atoms with Crippen LogP contribution in [0.25, 0.3) is 0 Å². The summed E-state index contributed by atoms with van der Waals surface area (Å²) in [5, 5.41) is 14.2. The standard InChI is InChI=1S/C26H31N5O3/c1-5-22-30-31-25(34-22)26(14-15(2)27)20-10-8-18(23(32)28-3)12-16(20)6-7-17-13-19(24(33)29-4)9-11-21(17)26/h8-13,15H,5-7,14,27H2,1-4H3,(H,28,32)(H,29,33)/t15-/m0/s1.